The largest absolute Gasteiger partial charge is 0.494 e. The maximum Gasteiger partial charge on any atom is 0.329 e. The number of aromatic hydroxyl groups is 1. The number of hydrogen-bond donors (Lipinski definition) is 2. The van der Waals surface area contributed by atoms with Crippen LogP contribution < -0.4 is 5.32 Å². The van der Waals surface area contributed by atoms with Crippen molar-refractivity contribution in [3.05, 3.63) is 59.7 Å². The lowest BCUT2D eigenvalue weighted by molar-refractivity contribution is -0.132. The molecule has 2 amide bonds. The van der Waals surface area contributed by atoms with E-state index in [2.05, 4.69) is 10.3 Å². The lowest BCUT2D eigenvalue weighted by Gasteiger charge is -2.29. The number of amides is 2. The third-order valence-corrected chi connectivity index (χ3v) is 5.87. The summed E-state index contributed by atoms with van der Waals surface area (Å²) in [6.07, 6.45) is 0.830. The van der Waals surface area contributed by atoms with Gasteiger partial charge in [-0.25, -0.2) is 14.4 Å². The summed E-state index contributed by atoms with van der Waals surface area (Å²) in [4.78, 5) is 44.1. The van der Waals surface area contributed by atoms with Crippen molar-refractivity contribution in [3.8, 4) is 5.88 Å². The first-order valence-corrected chi connectivity index (χ1v) is 10.1. The van der Waals surface area contributed by atoms with Crippen molar-refractivity contribution >= 4 is 40.0 Å². The molecule has 3 heterocycles. The van der Waals surface area contributed by atoms with Gasteiger partial charge in [-0.05, 0) is 24.6 Å². The molecule has 2 N–H and O–H groups in total. The molecule has 0 aliphatic carbocycles. The average molecular weight is 416 g/mol. The molecule has 0 radical (unpaired) electrons. The molecule has 2 aromatic carbocycles. The van der Waals surface area contributed by atoms with Crippen LogP contribution >= 0.6 is 0 Å². The number of carbonyl (C=O) groups excluding carboxylic acids is 3. The van der Waals surface area contributed by atoms with Gasteiger partial charge in [-0.3, -0.25) is 9.59 Å². The van der Waals surface area contributed by atoms with Crippen LogP contribution in [0, 0.1) is 0 Å². The molecule has 8 nitrogen and oxygen atoms in total. The molecule has 0 bridgehead atoms. The normalized spacial score (nSPS) is 18.3. The summed E-state index contributed by atoms with van der Waals surface area (Å²) >= 11 is 0. The summed E-state index contributed by atoms with van der Waals surface area (Å²) in [6.45, 7) is 0.553. The minimum Gasteiger partial charge on any atom is -0.494 e. The summed E-state index contributed by atoms with van der Waals surface area (Å²) < 4.78 is 1.15. The number of rotatable bonds is 2. The topological polar surface area (TPSA) is 104 Å². The number of likely N-dealkylation sites (tertiary alicyclic amines) is 1. The van der Waals surface area contributed by atoms with Gasteiger partial charge in [-0.2, -0.15) is 0 Å². The minimum absolute atomic E-state index is 0.0394. The fourth-order valence-electron chi connectivity index (χ4n) is 4.20. The Balaban J connectivity index is 1.56. The third kappa shape index (κ3) is 2.99. The van der Waals surface area contributed by atoms with Gasteiger partial charge in [0.05, 0.1) is 16.8 Å². The van der Waals surface area contributed by atoms with E-state index in [9.17, 15) is 19.5 Å². The Morgan fingerprint density at radius 1 is 1.13 bits per heavy atom. The van der Waals surface area contributed by atoms with E-state index in [1.54, 1.807) is 60.5 Å². The van der Waals surface area contributed by atoms with E-state index >= 15 is 0 Å². The summed E-state index contributed by atoms with van der Waals surface area (Å²) in [6, 6.07) is 13.1. The molecule has 8 heteroatoms. The highest BCUT2D eigenvalue weighted by atomic mass is 16.3. The Hall–Kier alpha value is -3.94. The van der Waals surface area contributed by atoms with Crippen molar-refractivity contribution in [1.82, 2.24) is 14.8 Å². The minimum atomic E-state index is -0.550. The molecule has 31 heavy (non-hydrogen) atoms. The van der Waals surface area contributed by atoms with Crippen LogP contribution in [-0.4, -0.2) is 57.6 Å². The molecule has 2 aliphatic heterocycles. The highest BCUT2D eigenvalue weighted by Crippen LogP contribution is 2.37. The zero-order chi connectivity index (χ0) is 21.7. The molecule has 0 spiro atoms. The molecule has 1 fully saturated rings. The smallest absolute Gasteiger partial charge is 0.329 e. The number of aromatic nitrogens is 1. The Bertz CT molecular complexity index is 1290. The second kappa shape index (κ2) is 7.09. The third-order valence-electron chi connectivity index (χ3n) is 5.87. The fourth-order valence-corrected chi connectivity index (χ4v) is 4.20. The fraction of sp³-hybridized carbons (Fsp3) is 0.217. The van der Waals surface area contributed by atoms with E-state index in [0.717, 1.165) is 4.57 Å². The van der Waals surface area contributed by atoms with Crippen LogP contribution in [0.3, 0.4) is 0 Å². The Morgan fingerprint density at radius 2 is 1.87 bits per heavy atom. The van der Waals surface area contributed by atoms with Gasteiger partial charge < -0.3 is 15.3 Å². The molecule has 2 aliphatic rings. The summed E-state index contributed by atoms with van der Waals surface area (Å²) in [5.41, 5.74) is 1.79. The number of piperidine rings is 1. The average Bonchev–Trinajstić information content (AvgIpc) is 3.24. The summed E-state index contributed by atoms with van der Waals surface area (Å²) in [5, 5.41) is 14.5. The van der Waals surface area contributed by atoms with Crippen molar-refractivity contribution in [3.63, 3.8) is 0 Å². The number of aliphatic imine (C=N–C) groups is 1. The summed E-state index contributed by atoms with van der Waals surface area (Å²) in [5.74, 6) is -0.685. The van der Waals surface area contributed by atoms with Gasteiger partial charge in [0, 0.05) is 37.0 Å². The van der Waals surface area contributed by atoms with E-state index < -0.39 is 6.03 Å². The van der Waals surface area contributed by atoms with E-state index in [0.29, 0.717) is 35.1 Å². The lowest BCUT2D eigenvalue weighted by Crippen LogP contribution is -2.47. The van der Waals surface area contributed by atoms with Gasteiger partial charge in [-0.15, -0.1) is 0 Å². The molecule has 1 saturated heterocycles. The number of nitrogens with zero attached hydrogens (tertiary/aromatic N) is 3. The summed E-state index contributed by atoms with van der Waals surface area (Å²) in [7, 11) is 1.73. The van der Waals surface area contributed by atoms with E-state index in [4.69, 9.17) is 0 Å². The second-order valence-electron chi connectivity index (χ2n) is 7.81. The first-order chi connectivity index (χ1) is 15.0. The number of ketones is 1. The second-order valence-corrected chi connectivity index (χ2v) is 7.81. The zero-order valence-corrected chi connectivity index (χ0v) is 16.8. The van der Waals surface area contributed by atoms with Crippen LogP contribution in [0.1, 0.15) is 28.8 Å². The molecule has 1 aromatic heterocycles. The number of fused-ring (bicyclic) bond motifs is 2. The maximum atomic E-state index is 13.1. The van der Waals surface area contributed by atoms with Gasteiger partial charge in [0.15, 0.2) is 0 Å². The van der Waals surface area contributed by atoms with Crippen molar-refractivity contribution in [2.75, 3.05) is 13.6 Å². The van der Waals surface area contributed by atoms with Crippen molar-refractivity contribution < 1.29 is 19.5 Å². The molecule has 0 saturated carbocycles. The number of carbonyl (C=O) groups is 3. The maximum absolute atomic E-state index is 13.1. The molecule has 3 aromatic rings. The van der Waals surface area contributed by atoms with Gasteiger partial charge in [0.2, 0.25) is 17.6 Å². The molecule has 156 valence electrons. The van der Waals surface area contributed by atoms with Gasteiger partial charge in [0.25, 0.3) is 0 Å². The molecule has 5 rings (SSSR count). The van der Waals surface area contributed by atoms with Crippen LogP contribution in [0.2, 0.25) is 0 Å². The first-order valence-electron chi connectivity index (χ1n) is 10.1. The van der Waals surface area contributed by atoms with E-state index in [-0.39, 0.29) is 41.3 Å². The van der Waals surface area contributed by atoms with Crippen LogP contribution in [0.15, 0.2) is 53.5 Å². The Labute approximate surface area is 177 Å². The van der Waals surface area contributed by atoms with Crippen LogP contribution in [0.4, 0.5) is 10.5 Å². The van der Waals surface area contributed by atoms with Crippen LogP contribution in [0.5, 0.6) is 5.88 Å². The first kappa shape index (κ1) is 19.0. The number of para-hydroxylation sites is 2. The van der Waals surface area contributed by atoms with E-state index in [1.165, 1.54) is 0 Å². The quantitative estimate of drug-likeness (QED) is 0.670. The molecule has 1 atom stereocenters. The monoisotopic (exact) mass is 416 g/mol. The predicted octanol–water partition coefficient (Wildman–Crippen LogP) is 2.84. The highest BCUT2D eigenvalue weighted by Gasteiger charge is 2.33. The van der Waals surface area contributed by atoms with Gasteiger partial charge in [0.1, 0.15) is 5.71 Å². The number of benzene rings is 2. The Morgan fingerprint density at radius 3 is 2.65 bits per heavy atom. The van der Waals surface area contributed by atoms with Crippen LogP contribution in [0.25, 0.3) is 10.9 Å². The lowest BCUT2D eigenvalue weighted by atomic mass is 10.0. The highest BCUT2D eigenvalue weighted by molar-refractivity contribution is 6.56. The zero-order valence-electron chi connectivity index (χ0n) is 16.8. The van der Waals surface area contributed by atoms with Crippen molar-refractivity contribution in [1.29, 1.82) is 0 Å². The standard InChI is InChI=1S/C23H20N4O4/c1-26-11-10-13(12-18(26)28)24-23(31)27-17-9-5-3-7-15(17)19(22(27)30)20-21(29)14-6-2-4-8-16(14)25-20/h2-9,13,30H,10-12H2,1H3,(H,24,31). The van der Waals surface area contributed by atoms with Crippen molar-refractivity contribution in [2.45, 2.75) is 18.9 Å². The SMILES string of the molecule is CN1CCC(NC(=O)n2c(O)c(C3=Nc4ccccc4C3=O)c3ccccc32)CC1=O. The Kier molecular flexibility index (Phi) is 4.35. The van der Waals surface area contributed by atoms with Gasteiger partial charge >= 0.3 is 6.03 Å². The number of Topliss-reactive ketones (excluding diaryl/α,β-unsaturated/α-hetero) is 1. The number of hydrogen-bond acceptors (Lipinski definition) is 5. The molecule has 1 unspecified atom stereocenters. The molecular formula is C23H20N4O4. The van der Waals surface area contributed by atoms with Crippen molar-refractivity contribution in [2.24, 2.45) is 4.99 Å². The number of nitrogens with one attached hydrogen (secondary N) is 1. The molecular weight excluding hydrogens is 396 g/mol. The van der Waals surface area contributed by atoms with Crippen LogP contribution in [-0.2, 0) is 4.79 Å². The predicted molar refractivity (Wildman–Crippen MR) is 115 cm³/mol. The van der Waals surface area contributed by atoms with E-state index in [1.807, 2.05) is 0 Å². The van der Waals surface area contributed by atoms with Gasteiger partial charge in [-0.1, -0.05) is 30.3 Å².